The molecule has 1 heterocycles. The van der Waals surface area contributed by atoms with Crippen molar-refractivity contribution >= 4 is 17.4 Å². The Kier molecular flexibility index (Phi) is 4.32. The topological polar surface area (TPSA) is 20.3 Å². The molecule has 1 atom stereocenters. The summed E-state index contributed by atoms with van der Waals surface area (Å²) in [6.07, 6.45) is 0.593. The number of hydrogen-bond acceptors (Lipinski definition) is 2. The van der Waals surface area contributed by atoms with E-state index in [9.17, 15) is 4.79 Å². The van der Waals surface area contributed by atoms with Gasteiger partial charge < -0.3 is 0 Å². The van der Waals surface area contributed by atoms with E-state index in [0.29, 0.717) is 17.2 Å². The number of Topliss-reactive ketones (excluding diaryl/α,β-unsaturated/α-hetero) is 1. The fourth-order valence-electron chi connectivity index (χ4n) is 3.21. The fourth-order valence-corrected chi connectivity index (χ4v) is 3.40. The van der Waals surface area contributed by atoms with Crippen LogP contribution in [0.15, 0.2) is 54.6 Å². The Labute approximate surface area is 136 Å². The Morgan fingerprint density at radius 3 is 2.64 bits per heavy atom. The summed E-state index contributed by atoms with van der Waals surface area (Å²) in [5.41, 5.74) is 1.82. The normalized spacial score (nSPS) is 22.7. The lowest BCUT2D eigenvalue weighted by Gasteiger charge is -2.39. The Morgan fingerprint density at radius 2 is 1.91 bits per heavy atom. The number of halogens is 1. The number of piperidine rings is 1. The lowest BCUT2D eigenvalue weighted by molar-refractivity contribution is -0.128. The molecular formula is C19H20ClNO. The van der Waals surface area contributed by atoms with Gasteiger partial charge in [-0.3, -0.25) is 9.69 Å². The summed E-state index contributed by atoms with van der Waals surface area (Å²) in [5, 5.41) is 0.687. The van der Waals surface area contributed by atoms with Crippen LogP contribution in [-0.2, 0) is 16.8 Å². The minimum absolute atomic E-state index is 0.305. The third-order valence-electron chi connectivity index (χ3n) is 4.52. The molecule has 1 aliphatic heterocycles. The maximum Gasteiger partial charge on any atom is 0.145 e. The predicted molar refractivity (Wildman–Crippen MR) is 90.1 cm³/mol. The van der Waals surface area contributed by atoms with Gasteiger partial charge in [0.2, 0.25) is 0 Å². The first-order chi connectivity index (χ1) is 10.6. The second kappa shape index (κ2) is 6.23. The van der Waals surface area contributed by atoms with Crippen LogP contribution in [0.25, 0.3) is 0 Å². The van der Waals surface area contributed by atoms with E-state index in [1.54, 1.807) is 0 Å². The van der Waals surface area contributed by atoms with Crippen LogP contribution in [0, 0.1) is 0 Å². The minimum Gasteiger partial charge on any atom is -0.299 e. The average Bonchev–Trinajstić information content (AvgIpc) is 2.52. The Bertz CT molecular complexity index is 670. The van der Waals surface area contributed by atoms with Crippen LogP contribution in [0.3, 0.4) is 0 Å². The largest absolute Gasteiger partial charge is 0.299 e. The van der Waals surface area contributed by atoms with Crippen molar-refractivity contribution in [3.63, 3.8) is 0 Å². The zero-order chi connectivity index (χ0) is 15.6. The van der Waals surface area contributed by atoms with Crippen molar-refractivity contribution in [1.29, 1.82) is 0 Å². The van der Waals surface area contributed by atoms with E-state index >= 15 is 0 Å². The number of carbonyl (C=O) groups is 1. The van der Waals surface area contributed by atoms with Gasteiger partial charge in [0, 0.05) is 31.1 Å². The van der Waals surface area contributed by atoms with Gasteiger partial charge in [-0.25, -0.2) is 0 Å². The highest BCUT2D eigenvalue weighted by atomic mass is 35.5. The quantitative estimate of drug-likeness (QED) is 0.851. The van der Waals surface area contributed by atoms with Crippen LogP contribution >= 0.6 is 11.6 Å². The van der Waals surface area contributed by atoms with Crippen molar-refractivity contribution in [2.45, 2.75) is 25.3 Å². The number of hydrogen-bond donors (Lipinski definition) is 0. The molecule has 1 aliphatic rings. The summed E-state index contributed by atoms with van der Waals surface area (Å²) < 4.78 is 0. The van der Waals surface area contributed by atoms with Gasteiger partial charge in [0.15, 0.2) is 0 Å². The zero-order valence-corrected chi connectivity index (χ0v) is 13.5. The summed E-state index contributed by atoms with van der Waals surface area (Å²) in [7, 11) is 0. The third kappa shape index (κ3) is 3.08. The van der Waals surface area contributed by atoms with Gasteiger partial charge in [-0.05, 0) is 30.2 Å². The van der Waals surface area contributed by atoms with Gasteiger partial charge >= 0.3 is 0 Å². The molecule has 114 valence electrons. The zero-order valence-electron chi connectivity index (χ0n) is 12.8. The van der Waals surface area contributed by atoms with Crippen LogP contribution in [-0.4, -0.2) is 23.8 Å². The van der Waals surface area contributed by atoms with Crippen molar-refractivity contribution in [3.8, 4) is 0 Å². The van der Waals surface area contributed by atoms with E-state index in [2.05, 4.69) is 29.2 Å². The van der Waals surface area contributed by atoms with Gasteiger partial charge in [0.05, 0.1) is 5.41 Å². The summed E-state index contributed by atoms with van der Waals surface area (Å²) in [6, 6.07) is 18.1. The molecule has 0 bridgehead atoms. The SMILES string of the molecule is CC1(c2cccc(Cl)c2)CN(Cc2ccccc2)CCC1=O. The molecule has 0 N–H and O–H groups in total. The first-order valence-corrected chi connectivity index (χ1v) is 8.01. The summed E-state index contributed by atoms with van der Waals surface area (Å²) in [5.74, 6) is 0.305. The molecule has 1 fully saturated rings. The van der Waals surface area contributed by atoms with Gasteiger partial charge in [-0.1, -0.05) is 54.1 Å². The van der Waals surface area contributed by atoms with Crippen LogP contribution in [0.2, 0.25) is 5.02 Å². The highest BCUT2D eigenvalue weighted by Gasteiger charge is 2.39. The maximum atomic E-state index is 12.6. The van der Waals surface area contributed by atoms with Crippen molar-refractivity contribution in [2.75, 3.05) is 13.1 Å². The molecule has 0 saturated carbocycles. The van der Waals surface area contributed by atoms with Crippen LogP contribution in [0.1, 0.15) is 24.5 Å². The second-order valence-electron chi connectivity index (χ2n) is 6.21. The molecule has 0 aliphatic carbocycles. The van der Waals surface area contributed by atoms with Gasteiger partial charge in [-0.2, -0.15) is 0 Å². The molecule has 2 nitrogen and oxygen atoms in total. The molecule has 22 heavy (non-hydrogen) atoms. The molecule has 0 spiro atoms. The predicted octanol–water partition coefficient (Wildman–Crippen LogP) is 4.07. The standard InChI is InChI=1S/C19H20ClNO/c1-19(16-8-5-9-17(20)12-16)14-21(11-10-18(19)22)13-15-6-3-2-4-7-15/h2-9,12H,10-11,13-14H2,1H3. The molecular weight excluding hydrogens is 294 g/mol. The first-order valence-electron chi connectivity index (χ1n) is 7.63. The lowest BCUT2D eigenvalue weighted by Crippen LogP contribution is -2.50. The van der Waals surface area contributed by atoms with Crippen molar-refractivity contribution in [2.24, 2.45) is 0 Å². The maximum absolute atomic E-state index is 12.6. The van der Waals surface area contributed by atoms with Crippen LogP contribution in [0.5, 0.6) is 0 Å². The number of carbonyl (C=O) groups excluding carboxylic acids is 1. The van der Waals surface area contributed by atoms with Crippen LogP contribution in [0.4, 0.5) is 0 Å². The Balaban J connectivity index is 1.83. The van der Waals surface area contributed by atoms with E-state index in [0.717, 1.165) is 25.2 Å². The lowest BCUT2D eigenvalue weighted by atomic mass is 9.74. The summed E-state index contributed by atoms with van der Waals surface area (Å²) >= 11 is 6.12. The number of rotatable bonds is 3. The van der Waals surface area contributed by atoms with E-state index in [-0.39, 0.29) is 0 Å². The number of nitrogens with zero attached hydrogens (tertiary/aromatic N) is 1. The van der Waals surface area contributed by atoms with E-state index in [4.69, 9.17) is 11.6 Å². The molecule has 0 radical (unpaired) electrons. The Hall–Kier alpha value is -1.64. The number of likely N-dealkylation sites (tertiary alicyclic amines) is 1. The summed E-state index contributed by atoms with van der Waals surface area (Å²) in [6.45, 7) is 4.48. The second-order valence-corrected chi connectivity index (χ2v) is 6.65. The van der Waals surface area contributed by atoms with E-state index < -0.39 is 5.41 Å². The van der Waals surface area contributed by atoms with E-state index in [1.807, 2.05) is 37.3 Å². The smallest absolute Gasteiger partial charge is 0.145 e. The molecule has 0 amide bonds. The summed E-state index contributed by atoms with van der Waals surface area (Å²) in [4.78, 5) is 14.9. The van der Waals surface area contributed by atoms with Crippen molar-refractivity contribution in [3.05, 3.63) is 70.7 Å². The minimum atomic E-state index is -0.474. The molecule has 2 aromatic carbocycles. The van der Waals surface area contributed by atoms with Crippen LogP contribution < -0.4 is 0 Å². The Morgan fingerprint density at radius 1 is 1.14 bits per heavy atom. The number of benzene rings is 2. The molecule has 1 saturated heterocycles. The molecule has 2 aromatic rings. The van der Waals surface area contributed by atoms with E-state index in [1.165, 1.54) is 5.56 Å². The monoisotopic (exact) mass is 313 g/mol. The van der Waals surface area contributed by atoms with Gasteiger partial charge in [-0.15, -0.1) is 0 Å². The highest BCUT2D eigenvalue weighted by Crippen LogP contribution is 2.32. The van der Waals surface area contributed by atoms with Crippen molar-refractivity contribution < 1.29 is 4.79 Å². The molecule has 1 unspecified atom stereocenters. The molecule has 3 rings (SSSR count). The average molecular weight is 314 g/mol. The fraction of sp³-hybridized carbons (Fsp3) is 0.316. The van der Waals surface area contributed by atoms with Crippen molar-refractivity contribution in [1.82, 2.24) is 4.90 Å². The van der Waals surface area contributed by atoms with Gasteiger partial charge in [0.25, 0.3) is 0 Å². The third-order valence-corrected chi connectivity index (χ3v) is 4.76. The number of ketones is 1. The first kappa shape index (κ1) is 15.3. The van der Waals surface area contributed by atoms with Gasteiger partial charge in [0.1, 0.15) is 5.78 Å². The highest BCUT2D eigenvalue weighted by molar-refractivity contribution is 6.30. The molecule has 3 heteroatoms. The molecule has 0 aromatic heterocycles.